The summed E-state index contributed by atoms with van der Waals surface area (Å²) in [5.41, 5.74) is 28.5. The van der Waals surface area contributed by atoms with Crippen LogP contribution in [0.3, 0.4) is 0 Å². The van der Waals surface area contributed by atoms with Crippen molar-refractivity contribution in [1.29, 1.82) is 0 Å². The van der Waals surface area contributed by atoms with E-state index in [-0.39, 0.29) is 75.5 Å². The molecule has 1 heterocycles. The number of nitrogens with one attached hydrogen (secondary N) is 4. The second-order valence-corrected chi connectivity index (χ2v) is 15.2. The maximum atomic E-state index is 14.2. The summed E-state index contributed by atoms with van der Waals surface area (Å²) < 4.78 is 0. The van der Waals surface area contributed by atoms with Gasteiger partial charge in [0.1, 0.15) is 30.2 Å². The monoisotopic (exact) mass is 801 g/mol. The van der Waals surface area contributed by atoms with E-state index in [0.29, 0.717) is 31.2 Å². The molecule has 2 rings (SSSR count). The molecule has 1 saturated heterocycles. The normalized spacial score (nSPS) is 16.4. The van der Waals surface area contributed by atoms with Crippen LogP contribution in [-0.4, -0.2) is 113 Å². The van der Waals surface area contributed by atoms with Gasteiger partial charge in [-0.25, -0.2) is 4.79 Å². The maximum absolute atomic E-state index is 14.2. The third-order valence-corrected chi connectivity index (χ3v) is 9.28. The van der Waals surface area contributed by atoms with Crippen molar-refractivity contribution in [3.63, 3.8) is 0 Å². The second kappa shape index (κ2) is 24.2. The molecule has 1 aliphatic rings. The highest BCUT2D eigenvalue weighted by Crippen LogP contribution is 2.21. The van der Waals surface area contributed by atoms with Gasteiger partial charge in [0.25, 0.3) is 0 Å². The van der Waals surface area contributed by atoms with Gasteiger partial charge in [0, 0.05) is 26.1 Å². The predicted octanol–water partition coefficient (Wildman–Crippen LogP) is -1.23. The van der Waals surface area contributed by atoms with E-state index in [4.69, 9.17) is 28.7 Å². The van der Waals surface area contributed by atoms with Crippen LogP contribution in [0.2, 0.25) is 0 Å². The van der Waals surface area contributed by atoms with Crippen molar-refractivity contribution >= 4 is 47.4 Å². The van der Waals surface area contributed by atoms with Gasteiger partial charge >= 0.3 is 5.97 Å². The summed E-state index contributed by atoms with van der Waals surface area (Å²) in [5, 5.41) is 20.8. The number of rotatable bonds is 24. The lowest BCUT2D eigenvalue weighted by atomic mass is 9.98. The van der Waals surface area contributed by atoms with Crippen LogP contribution in [0.4, 0.5) is 0 Å². The molecule has 0 aromatic heterocycles. The molecule has 19 heteroatoms. The largest absolute Gasteiger partial charge is 0.480 e. The van der Waals surface area contributed by atoms with Gasteiger partial charge in [0.2, 0.25) is 29.5 Å². The number of amides is 5. The number of carboxylic acids is 1. The Morgan fingerprint density at radius 2 is 1.21 bits per heavy atom. The Morgan fingerprint density at radius 3 is 1.77 bits per heavy atom. The lowest BCUT2D eigenvalue weighted by molar-refractivity contribution is -0.149. The van der Waals surface area contributed by atoms with E-state index in [9.17, 15) is 33.9 Å². The molecule has 19 nitrogen and oxygen atoms in total. The zero-order valence-electron chi connectivity index (χ0n) is 33.6. The number of carbonyl (C=O) groups is 6. The van der Waals surface area contributed by atoms with Gasteiger partial charge in [0.15, 0.2) is 11.9 Å². The molecule has 5 amide bonds. The lowest BCUT2D eigenvalue weighted by Gasteiger charge is -2.30. The fourth-order valence-electron chi connectivity index (χ4n) is 6.46. The highest BCUT2D eigenvalue weighted by molar-refractivity contribution is 5.96. The molecule has 15 N–H and O–H groups in total. The quantitative estimate of drug-likeness (QED) is 0.0334. The zero-order valence-corrected chi connectivity index (χ0v) is 33.6. The first-order chi connectivity index (χ1) is 26.9. The molecular formula is C38H64N12O7. The molecule has 318 valence electrons. The molecule has 0 bridgehead atoms. The van der Waals surface area contributed by atoms with Crippen molar-refractivity contribution in [3.05, 3.63) is 35.9 Å². The van der Waals surface area contributed by atoms with E-state index in [1.54, 1.807) is 30.3 Å². The first-order valence-corrected chi connectivity index (χ1v) is 19.5. The molecule has 57 heavy (non-hydrogen) atoms. The molecule has 1 fully saturated rings. The Bertz CT molecular complexity index is 1550. The Kier molecular flexibility index (Phi) is 20.3. The Balaban J connectivity index is 2.36. The average molecular weight is 801 g/mol. The van der Waals surface area contributed by atoms with E-state index < -0.39 is 71.8 Å². The minimum atomic E-state index is -1.21. The second-order valence-electron chi connectivity index (χ2n) is 15.2. The summed E-state index contributed by atoms with van der Waals surface area (Å²) in [6.45, 7) is 8.19. The average Bonchev–Trinajstić information content (AvgIpc) is 3.64. The van der Waals surface area contributed by atoms with Gasteiger partial charge in [-0.1, -0.05) is 58.0 Å². The molecule has 1 aromatic carbocycles. The number of guanidine groups is 2. The van der Waals surface area contributed by atoms with Crippen LogP contribution >= 0.6 is 0 Å². The van der Waals surface area contributed by atoms with Crippen LogP contribution in [-0.2, 0) is 35.2 Å². The number of hydrogen-bond acceptors (Lipinski definition) is 9. The molecular weight excluding hydrogens is 736 g/mol. The SMILES string of the molecule is CC(C)C[C@H](NC(=O)[C@H](Cc1ccccc1)NC(=O)[C@H](CCCN=C(N)N)NC(=O)[C@@H](N)CCCN=C(N)N)C(=O)N[C@@H](CC(C)C)C(=O)N1CCC[C@H]1C(=O)O. The first-order valence-electron chi connectivity index (χ1n) is 19.5. The van der Waals surface area contributed by atoms with E-state index in [1.807, 2.05) is 27.7 Å². The van der Waals surface area contributed by atoms with Gasteiger partial charge in [-0.3, -0.25) is 34.0 Å². The minimum absolute atomic E-state index is 0.0270. The fraction of sp³-hybridized carbons (Fsp3) is 0.632. The van der Waals surface area contributed by atoms with Crippen LogP contribution in [0.25, 0.3) is 0 Å². The van der Waals surface area contributed by atoms with Gasteiger partial charge in [-0.2, -0.15) is 0 Å². The highest BCUT2D eigenvalue weighted by Gasteiger charge is 2.39. The predicted molar refractivity (Wildman–Crippen MR) is 217 cm³/mol. The van der Waals surface area contributed by atoms with Crippen molar-refractivity contribution in [2.45, 2.75) is 122 Å². The van der Waals surface area contributed by atoms with E-state index in [1.165, 1.54) is 4.90 Å². The van der Waals surface area contributed by atoms with Gasteiger partial charge in [-0.05, 0) is 68.8 Å². The Hall–Kier alpha value is -5.46. The summed E-state index contributed by atoms with van der Waals surface area (Å²) in [6.07, 6.45) is 2.35. The van der Waals surface area contributed by atoms with Crippen LogP contribution in [0, 0.1) is 11.8 Å². The van der Waals surface area contributed by atoms with Gasteiger partial charge in [-0.15, -0.1) is 0 Å². The number of carbonyl (C=O) groups excluding carboxylic acids is 5. The number of benzene rings is 1. The smallest absolute Gasteiger partial charge is 0.326 e. The molecule has 0 spiro atoms. The van der Waals surface area contributed by atoms with Crippen LogP contribution in [0.15, 0.2) is 40.3 Å². The topological polar surface area (TPSA) is 329 Å². The van der Waals surface area contributed by atoms with E-state index in [0.717, 1.165) is 0 Å². The van der Waals surface area contributed by atoms with E-state index in [2.05, 4.69) is 31.3 Å². The summed E-state index contributed by atoms with van der Waals surface area (Å²) >= 11 is 0. The summed E-state index contributed by atoms with van der Waals surface area (Å²) in [7, 11) is 0. The highest BCUT2D eigenvalue weighted by atomic mass is 16.4. The maximum Gasteiger partial charge on any atom is 0.326 e. The Labute approximate surface area is 334 Å². The van der Waals surface area contributed by atoms with Crippen molar-refractivity contribution in [2.75, 3.05) is 19.6 Å². The molecule has 0 unspecified atom stereocenters. The number of nitrogens with two attached hydrogens (primary N) is 5. The number of likely N-dealkylation sites (tertiary alicyclic amines) is 1. The van der Waals surface area contributed by atoms with Gasteiger partial charge < -0.3 is 59.9 Å². The van der Waals surface area contributed by atoms with Gasteiger partial charge in [0.05, 0.1) is 6.04 Å². The first kappa shape index (κ1) is 47.7. The van der Waals surface area contributed by atoms with Crippen LogP contribution < -0.4 is 49.9 Å². The van der Waals surface area contributed by atoms with Crippen LogP contribution in [0.1, 0.15) is 84.6 Å². The molecule has 1 aromatic rings. The van der Waals surface area contributed by atoms with Crippen molar-refractivity contribution < 1.29 is 33.9 Å². The third-order valence-electron chi connectivity index (χ3n) is 9.28. The van der Waals surface area contributed by atoms with Crippen LogP contribution in [0.5, 0.6) is 0 Å². The van der Waals surface area contributed by atoms with Crippen molar-refractivity contribution in [1.82, 2.24) is 26.2 Å². The molecule has 0 radical (unpaired) electrons. The fourth-order valence-corrected chi connectivity index (χ4v) is 6.46. The number of aliphatic carboxylic acids is 1. The third kappa shape index (κ3) is 17.5. The van der Waals surface area contributed by atoms with Crippen molar-refractivity contribution in [2.24, 2.45) is 50.5 Å². The lowest BCUT2D eigenvalue weighted by Crippen LogP contribution is -2.60. The summed E-state index contributed by atoms with van der Waals surface area (Å²) in [6, 6.07) is 2.48. The molecule has 0 saturated carbocycles. The van der Waals surface area contributed by atoms with Crippen molar-refractivity contribution in [3.8, 4) is 0 Å². The zero-order chi connectivity index (χ0) is 42.7. The van der Waals surface area contributed by atoms with E-state index >= 15 is 0 Å². The standard InChI is InChI=1S/C38H64N12O7/c1-22(2)19-27(33(53)49-29(20-23(3)4)35(55)50-18-10-15-30(50)36(56)57)47-34(54)28(21-24-11-6-5-7-12-24)48-32(52)26(14-9-17-45-38(42)43)46-31(51)25(39)13-8-16-44-37(40)41/h5-7,11-12,22-23,25-30H,8-10,13-21,39H2,1-4H3,(H,46,51)(H,47,54)(H,48,52)(H,49,53)(H,56,57)(H4,40,41,44)(H4,42,43,45)/t25-,26-,27-,28-,29-,30-/m0/s1. The number of nitrogens with zero attached hydrogens (tertiary/aromatic N) is 3. The Morgan fingerprint density at radius 1 is 0.719 bits per heavy atom. The number of hydrogen-bond donors (Lipinski definition) is 10. The molecule has 1 aliphatic heterocycles. The molecule has 0 aliphatic carbocycles. The number of aliphatic imine (C=N–C) groups is 2. The minimum Gasteiger partial charge on any atom is -0.480 e. The number of carboxylic acid groups (broad SMARTS) is 1. The molecule has 6 atom stereocenters. The summed E-state index contributed by atoms with van der Waals surface area (Å²) in [5.74, 6) is -4.50. The summed E-state index contributed by atoms with van der Waals surface area (Å²) in [4.78, 5) is 89.9.